The topological polar surface area (TPSA) is 46.5 Å². The molecule has 0 fully saturated rings. The number of unbranched alkanes of at least 4 members (excludes halogenated alkanes) is 7. The summed E-state index contributed by atoms with van der Waals surface area (Å²) in [5.74, 6) is 0.768. The van der Waals surface area contributed by atoms with Gasteiger partial charge < -0.3 is 9.84 Å². The molecule has 0 bridgehead atoms. The maximum absolute atomic E-state index is 10.9. The standard InChI is InChI=1S/C17H36O3S/c1-3-4-5-6-7-8-9-12-17(18)13-15-20-14-10-11-16-21(2)19/h17-18H,3-16H2,1-2H3. The van der Waals surface area contributed by atoms with Gasteiger partial charge in [-0.05, 0) is 25.7 Å². The molecule has 0 aliphatic heterocycles. The van der Waals surface area contributed by atoms with Crippen LogP contribution in [0.5, 0.6) is 0 Å². The van der Waals surface area contributed by atoms with E-state index in [2.05, 4.69) is 6.92 Å². The molecule has 0 heterocycles. The van der Waals surface area contributed by atoms with Crippen LogP contribution in [0.1, 0.15) is 77.6 Å². The molecule has 21 heavy (non-hydrogen) atoms. The lowest BCUT2D eigenvalue weighted by molar-refractivity contribution is 0.0756. The lowest BCUT2D eigenvalue weighted by Crippen LogP contribution is -2.11. The molecule has 0 aromatic heterocycles. The molecular formula is C17H36O3S. The molecular weight excluding hydrogens is 284 g/mol. The fourth-order valence-electron chi connectivity index (χ4n) is 2.31. The van der Waals surface area contributed by atoms with E-state index in [-0.39, 0.29) is 6.10 Å². The highest BCUT2D eigenvalue weighted by atomic mass is 32.2. The first-order valence-electron chi connectivity index (χ1n) is 8.72. The third-order valence-corrected chi connectivity index (χ3v) is 4.57. The first kappa shape index (κ1) is 21.1. The zero-order chi connectivity index (χ0) is 15.8. The Labute approximate surface area is 134 Å². The molecule has 4 heteroatoms. The van der Waals surface area contributed by atoms with Gasteiger partial charge in [0.05, 0.1) is 6.10 Å². The first-order valence-corrected chi connectivity index (χ1v) is 10.4. The predicted molar refractivity (Wildman–Crippen MR) is 92.2 cm³/mol. The number of ether oxygens (including phenoxy) is 1. The Morgan fingerprint density at radius 2 is 1.57 bits per heavy atom. The maximum Gasteiger partial charge on any atom is 0.0562 e. The second kappa shape index (κ2) is 16.4. The van der Waals surface area contributed by atoms with Gasteiger partial charge >= 0.3 is 0 Å². The molecule has 0 aromatic carbocycles. The van der Waals surface area contributed by atoms with Crippen LogP contribution in [0.25, 0.3) is 0 Å². The van der Waals surface area contributed by atoms with Crippen LogP contribution in [0.15, 0.2) is 0 Å². The summed E-state index contributed by atoms with van der Waals surface area (Å²) in [6, 6.07) is 0. The van der Waals surface area contributed by atoms with Gasteiger partial charge in [0, 0.05) is 36.0 Å². The molecule has 0 spiro atoms. The minimum Gasteiger partial charge on any atom is -0.393 e. The monoisotopic (exact) mass is 320 g/mol. The molecule has 0 aliphatic rings. The van der Waals surface area contributed by atoms with Crippen LogP contribution in [0.2, 0.25) is 0 Å². The number of rotatable bonds is 16. The lowest BCUT2D eigenvalue weighted by Gasteiger charge is -2.10. The van der Waals surface area contributed by atoms with Crippen molar-refractivity contribution in [2.75, 3.05) is 25.2 Å². The predicted octanol–water partition coefficient (Wildman–Crippen LogP) is 4.05. The zero-order valence-corrected chi connectivity index (χ0v) is 15.0. The van der Waals surface area contributed by atoms with Crippen LogP contribution >= 0.6 is 0 Å². The van der Waals surface area contributed by atoms with Crippen LogP contribution in [0.3, 0.4) is 0 Å². The molecule has 2 atom stereocenters. The van der Waals surface area contributed by atoms with Crippen molar-refractivity contribution in [2.24, 2.45) is 0 Å². The second-order valence-corrected chi connectivity index (χ2v) is 7.50. The van der Waals surface area contributed by atoms with E-state index in [4.69, 9.17) is 4.74 Å². The van der Waals surface area contributed by atoms with Gasteiger partial charge in [-0.1, -0.05) is 51.9 Å². The zero-order valence-electron chi connectivity index (χ0n) is 14.1. The lowest BCUT2D eigenvalue weighted by atomic mass is 10.1. The summed E-state index contributed by atoms with van der Waals surface area (Å²) >= 11 is 0. The van der Waals surface area contributed by atoms with Gasteiger partial charge in [0.25, 0.3) is 0 Å². The van der Waals surface area contributed by atoms with Crippen LogP contribution in [0, 0.1) is 0 Å². The van der Waals surface area contributed by atoms with Crippen LogP contribution in [-0.4, -0.2) is 40.6 Å². The number of aliphatic hydroxyl groups is 1. The average molecular weight is 321 g/mol. The van der Waals surface area contributed by atoms with Crippen molar-refractivity contribution >= 4 is 10.8 Å². The summed E-state index contributed by atoms with van der Waals surface area (Å²) in [5, 5.41) is 9.85. The molecule has 0 aliphatic carbocycles. The van der Waals surface area contributed by atoms with E-state index >= 15 is 0 Å². The summed E-state index contributed by atoms with van der Waals surface area (Å²) < 4.78 is 16.4. The average Bonchev–Trinajstić information content (AvgIpc) is 2.45. The third kappa shape index (κ3) is 18.0. The Morgan fingerprint density at radius 3 is 2.24 bits per heavy atom. The molecule has 128 valence electrons. The maximum atomic E-state index is 10.9. The number of hydrogen-bond acceptors (Lipinski definition) is 3. The highest BCUT2D eigenvalue weighted by molar-refractivity contribution is 7.84. The summed E-state index contributed by atoms with van der Waals surface area (Å²) in [7, 11) is -0.684. The molecule has 0 aromatic rings. The minimum absolute atomic E-state index is 0.205. The molecule has 0 saturated heterocycles. The van der Waals surface area contributed by atoms with Crippen LogP contribution < -0.4 is 0 Å². The highest BCUT2D eigenvalue weighted by Crippen LogP contribution is 2.11. The van der Waals surface area contributed by atoms with Gasteiger partial charge in [-0.3, -0.25) is 4.21 Å². The number of aliphatic hydroxyl groups excluding tert-OH is 1. The van der Waals surface area contributed by atoms with Crippen LogP contribution in [0.4, 0.5) is 0 Å². The fraction of sp³-hybridized carbons (Fsp3) is 1.00. The van der Waals surface area contributed by atoms with Crippen LogP contribution in [-0.2, 0) is 15.5 Å². The molecule has 3 nitrogen and oxygen atoms in total. The van der Waals surface area contributed by atoms with E-state index in [1.807, 2.05) is 0 Å². The Kier molecular flexibility index (Phi) is 16.5. The van der Waals surface area contributed by atoms with E-state index in [1.54, 1.807) is 6.26 Å². The quantitative estimate of drug-likeness (QED) is 0.436. The summed E-state index contributed by atoms with van der Waals surface area (Å²) in [4.78, 5) is 0. The summed E-state index contributed by atoms with van der Waals surface area (Å²) in [6.45, 7) is 3.61. The van der Waals surface area contributed by atoms with Crippen molar-refractivity contribution in [3.63, 3.8) is 0 Å². The van der Waals surface area contributed by atoms with E-state index in [0.29, 0.717) is 6.61 Å². The highest BCUT2D eigenvalue weighted by Gasteiger charge is 2.03. The van der Waals surface area contributed by atoms with Crippen molar-refractivity contribution in [1.82, 2.24) is 0 Å². The Morgan fingerprint density at radius 1 is 0.905 bits per heavy atom. The molecule has 0 saturated carbocycles. The SMILES string of the molecule is CCCCCCCCCC(O)CCOCCCCS(C)=O. The van der Waals surface area contributed by atoms with Crippen molar-refractivity contribution < 1.29 is 14.1 Å². The molecule has 1 N–H and O–H groups in total. The minimum atomic E-state index is -0.684. The molecule has 2 unspecified atom stereocenters. The Hall–Kier alpha value is 0.0700. The number of hydrogen-bond donors (Lipinski definition) is 1. The van der Waals surface area contributed by atoms with Crippen molar-refractivity contribution in [2.45, 2.75) is 83.7 Å². The van der Waals surface area contributed by atoms with Gasteiger partial charge in [-0.15, -0.1) is 0 Å². The Balaban J connectivity index is 3.16. The normalized spacial score (nSPS) is 14.2. The van der Waals surface area contributed by atoms with E-state index in [9.17, 15) is 9.32 Å². The largest absolute Gasteiger partial charge is 0.393 e. The summed E-state index contributed by atoms with van der Waals surface area (Å²) in [6.07, 6.45) is 14.2. The molecule has 0 rings (SSSR count). The van der Waals surface area contributed by atoms with E-state index < -0.39 is 10.8 Å². The fourth-order valence-corrected chi connectivity index (χ4v) is 2.92. The Bertz CT molecular complexity index is 234. The first-order chi connectivity index (χ1) is 10.2. The van der Waals surface area contributed by atoms with Crippen molar-refractivity contribution in [1.29, 1.82) is 0 Å². The molecule has 0 amide bonds. The summed E-state index contributed by atoms with van der Waals surface area (Å²) in [5.41, 5.74) is 0. The third-order valence-electron chi connectivity index (χ3n) is 3.71. The smallest absolute Gasteiger partial charge is 0.0562 e. The molecule has 0 radical (unpaired) electrons. The van der Waals surface area contributed by atoms with E-state index in [0.717, 1.165) is 44.5 Å². The van der Waals surface area contributed by atoms with Gasteiger partial charge in [0.1, 0.15) is 0 Å². The van der Waals surface area contributed by atoms with Gasteiger partial charge in [0.15, 0.2) is 0 Å². The second-order valence-electron chi connectivity index (χ2n) is 5.95. The van der Waals surface area contributed by atoms with Crippen molar-refractivity contribution in [3.8, 4) is 0 Å². The van der Waals surface area contributed by atoms with Crippen molar-refractivity contribution in [3.05, 3.63) is 0 Å². The van der Waals surface area contributed by atoms with Gasteiger partial charge in [0.2, 0.25) is 0 Å². The van der Waals surface area contributed by atoms with Gasteiger partial charge in [-0.2, -0.15) is 0 Å². The van der Waals surface area contributed by atoms with Gasteiger partial charge in [-0.25, -0.2) is 0 Å². The van der Waals surface area contributed by atoms with E-state index in [1.165, 1.54) is 38.5 Å².